The molecule has 1 fully saturated rings. The number of hydrogen-bond acceptors (Lipinski definition) is 1. The lowest BCUT2D eigenvalue weighted by atomic mass is 10.2. The van der Waals surface area contributed by atoms with Crippen LogP contribution in [0.1, 0.15) is 5.56 Å². The SMILES string of the molecule is CN1CCN(Cc2ccc(Br)cc2)C1=O. The molecule has 1 aromatic carbocycles. The quantitative estimate of drug-likeness (QED) is 0.808. The molecule has 2 rings (SSSR count). The van der Waals surface area contributed by atoms with E-state index in [1.165, 1.54) is 5.56 Å². The molecule has 1 heterocycles. The Morgan fingerprint density at radius 3 is 2.47 bits per heavy atom. The van der Waals surface area contributed by atoms with E-state index in [-0.39, 0.29) is 6.03 Å². The molecular weight excluding hydrogens is 256 g/mol. The topological polar surface area (TPSA) is 23.6 Å². The first-order valence-electron chi connectivity index (χ1n) is 4.91. The van der Waals surface area contributed by atoms with E-state index in [0.717, 1.165) is 17.6 Å². The van der Waals surface area contributed by atoms with Crippen molar-refractivity contribution in [2.75, 3.05) is 20.1 Å². The van der Waals surface area contributed by atoms with E-state index in [0.29, 0.717) is 6.54 Å². The molecule has 1 saturated heterocycles. The Morgan fingerprint density at radius 1 is 1.27 bits per heavy atom. The first-order chi connectivity index (χ1) is 7.16. The molecule has 0 atom stereocenters. The molecule has 0 spiro atoms. The van der Waals surface area contributed by atoms with Crippen LogP contribution in [-0.2, 0) is 6.54 Å². The number of rotatable bonds is 2. The van der Waals surface area contributed by atoms with Gasteiger partial charge >= 0.3 is 6.03 Å². The van der Waals surface area contributed by atoms with Crippen molar-refractivity contribution in [2.45, 2.75) is 6.54 Å². The Hall–Kier alpha value is -1.03. The van der Waals surface area contributed by atoms with Crippen LogP contribution in [0.25, 0.3) is 0 Å². The van der Waals surface area contributed by atoms with E-state index < -0.39 is 0 Å². The van der Waals surface area contributed by atoms with Gasteiger partial charge in [0.1, 0.15) is 0 Å². The summed E-state index contributed by atoms with van der Waals surface area (Å²) in [5.74, 6) is 0. The summed E-state index contributed by atoms with van der Waals surface area (Å²) in [4.78, 5) is 15.2. The van der Waals surface area contributed by atoms with Crippen molar-refractivity contribution in [3.05, 3.63) is 34.3 Å². The molecule has 2 amide bonds. The highest BCUT2D eigenvalue weighted by atomic mass is 79.9. The van der Waals surface area contributed by atoms with Gasteiger partial charge in [-0.2, -0.15) is 0 Å². The van der Waals surface area contributed by atoms with E-state index in [9.17, 15) is 4.79 Å². The molecular formula is C11H13BrN2O. The Morgan fingerprint density at radius 2 is 1.93 bits per heavy atom. The molecule has 0 N–H and O–H groups in total. The van der Waals surface area contributed by atoms with E-state index in [1.54, 1.807) is 4.90 Å². The number of amides is 2. The van der Waals surface area contributed by atoms with Crippen molar-refractivity contribution >= 4 is 22.0 Å². The first-order valence-corrected chi connectivity index (χ1v) is 5.70. The molecule has 1 aliphatic rings. The van der Waals surface area contributed by atoms with Crippen LogP contribution >= 0.6 is 15.9 Å². The van der Waals surface area contributed by atoms with Crippen LogP contribution in [0.4, 0.5) is 4.79 Å². The summed E-state index contributed by atoms with van der Waals surface area (Å²) in [6.45, 7) is 2.36. The Balaban J connectivity index is 2.03. The van der Waals surface area contributed by atoms with Gasteiger partial charge in [-0.05, 0) is 17.7 Å². The zero-order chi connectivity index (χ0) is 10.8. The molecule has 3 nitrogen and oxygen atoms in total. The summed E-state index contributed by atoms with van der Waals surface area (Å²) < 4.78 is 1.07. The standard InChI is InChI=1S/C11H13BrN2O/c1-13-6-7-14(11(13)15)8-9-2-4-10(12)5-3-9/h2-5H,6-8H2,1H3. The average Bonchev–Trinajstić information content (AvgIpc) is 2.53. The minimum absolute atomic E-state index is 0.123. The molecule has 80 valence electrons. The molecule has 0 radical (unpaired) electrons. The molecule has 15 heavy (non-hydrogen) atoms. The Kier molecular flexibility index (Phi) is 2.95. The van der Waals surface area contributed by atoms with Crippen LogP contribution in [0.15, 0.2) is 28.7 Å². The lowest BCUT2D eigenvalue weighted by Crippen LogP contribution is -2.28. The molecule has 0 aliphatic carbocycles. The lowest BCUT2D eigenvalue weighted by Gasteiger charge is -2.15. The molecule has 1 aliphatic heterocycles. The normalized spacial score (nSPS) is 16.3. The van der Waals surface area contributed by atoms with Gasteiger partial charge in [0.15, 0.2) is 0 Å². The summed E-state index contributed by atoms with van der Waals surface area (Å²) >= 11 is 3.39. The van der Waals surface area contributed by atoms with Crippen LogP contribution in [0.3, 0.4) is 0 Å². The van der Waals surface area contributed by atoms with Crippen LogP contribution in [0.2, 0.25) is 0 Å². The number of hydrogen-bond donors (Lipinski definition) is 0. The number of carbonyl (C=O) groups excluding carboxylic acids is 1. The largest absolute Gasteiger partial charge is 0.326 e. The molecule has 1 aromatic rings. The van der Waals surface area contributed by atoms with E-state index in [4.69, 9.17) is 0 Å². The number of carbonyl (C=O) groups is 1. The fourth-order valence-electron chi connectivity index (χ4n) is 1.66. The van der Waals surface area contributed by atoms with Gasteiger partial charge in [-0.15, -0.1) is 0 Å². The number of halogens is 1. The summed E-state index contributed by atoms with van der Waals surface area (Å²) in [6.07, 6.45) is 0. The van der Waals surface area contributed by atoms with Crippen molar-refractivity contribution in [3.63, 3.8) is 0 Å². The van der Waals surface area contributed by atoms with Crippen molar-refractivity contribution in [3.8, 4) is 0 Å². The molecule has 0 bridgehead atoms. The van der Waals surface area contributed by atoms with E-state index >= 15 is 0 Å². The van der Waals surface area contributed by atoms with Crippen molar-refractivity contribution in [2.24, 2.45) is 0 Å². The highest BCUT2D eigenvalue weighted by molar-refractivity contribution is 9.10. The maximum Gasteiger partial charge on any atom is 0.320 e. The second kappa shape index (κ2) is 4.23. The van der Waals surface area contributed by atoms with Gasteiger partial charge in [0, 0.05) is 31.2 Å². The summed E-state index contributed by atoms with van der Waals surface area (Å²) in [5.41, 5.74) is 1.17. The van der Waals surface area contributed by atoms with Crippen LogP contribution in [0, 0.1) is 0 Å². The predicted molar refractivity (Wildman–Crippen MR) is 62.6 cm³/mol. The highest BCUT2D eigenvalue weighted by Crippen LogP contribution is 2.14. The molecule has 0 saturated carbocycles. The summed E-state index contributed by atoms with van der Waals surface area (Å²) in [6, 6.07) is 8.20. The fourth-order valence-corrected chi connectivity index (χ4v) is 1.92. The van der Waals surface area contributed by atoms with E-state index in [1.807, 2.05) is 36.2 Å². The van der Waals surface area contributed by atoms with Crippen LogP contribution < -0.4 is 0 Å². The zero-order valence-corrected chi connectivity index (χ0v) is 10.2. The smallest absolute Gasteiger partial charge is 0.320 e. The van der Waals surface area contributed by atoms with Gasteiger partial charge in [0.2, 0.25) is 0 Å². The average molecular weight is 269 g/mol. The summed E-state index contributed by atoms with van der Waals surface area (Å²) in [7, 11) is 1.84. The van der Waals surface area contributed by atoms with Gasteiger partial charge in [-0.3, -0.25) is 0 Å². The van der Waals surface area contributed by atoms with Gasteiger partial charge in [0.05, 0.1) is 0 Å². The Bertz CT molecular complexity index is 363. The first kappa shape index (κ1) is 10.5. The number of benzene rings is 1. The van der Waals surface area contributed by atoms with Crippen LogP contribution in [0.5, 0.6) is 0 Å². The second-order valence-electron chi connectivity index (χ2n) is 3.75. The predicted octanol–water partition coefficient (Wildman–Crippen LogP) is 2.32. The number of nitrogens with zero attached hydrogens (tertiary/aromatic N) is 2. The second-order valence-corrected chi connectivity index (χ2v) is 4.67. The maximum absolute atomic E-state index is 11.6. The van der Waals surface area contributed by atoms with Crippen molar-refractivity contribution < 1.29 is 4.79 Å². The van der Waals surface area contributed by atoms with Gasteiger partial charge in [0.25, 0.3) is 0 Å². The summed E-state index contributed by atoms with van der Waals surface area (Å²) in [5, 5.41) is 0. The van der Waals surface area contributed by atoms with Gasteiger partial charge in [-0.1, -0.05) is 28.1 Å². The Labute approximate surface area is 97.8 Å². The molecule has 0 unspecified atom stereocenters. The van der Waals surface area contributed by atoms with Crippen molar-refractivity contribution in [1.82, 2.24) is 9.80 Å². The third kappa shape index (κ3) is 2.31. The zero-order valence-electron chi connectivity index (χ0n) is 8.61. The van der Waals surface area contributed by atoms with Gasteiger partial charge < -0.3 is 9.80 Å². The monoisotopic (exact) mass is 268 g/mol. The maximum atomic E-state index is 11.6. The van der Waals surface area contributed by atoms with E-state index in [2.05, 4.69) is 15.9 Å². The molecule has 0 aromatic heterocycles. The fraction of sp³-hybridized carbons (Fsp3) is 0.364. The van der Waals surface area contributed by atoms with Crippen molar-refractivity contribution in [1.29, 1.82) is 0 Å². The third-order valence-electron chi connectivity index (χ3n) is 2.59. The van der Waals surface area contributed by atoms with Gasteiger partial charge in [-0.25, -0.2) is 4.79 Å². The minimum Gasteiger partial charge on any atom is -0.326 e. The minimum atomic E-state index is 0.123. The third-order valence-corrected chi connectivity index (χ3v) is 3.12. The molecule has 4 heteroatoms. The number of urea groups is 1. The number of likely N-dealkylation sites (N-methyl/N-ethyl adjacent to an activating group) is 1. The highest BCUT2D eigenvalue weighted by Gasteiger charge is 2.24. The van der Waals surface area contributed by atoms with Crippen LogP contribution in [-0.4, -0.2) is 36.0 Å². The lowest BCUT2D eigenvalue weighted by molar-refractivity contribution is 0.197.